The van der Waals surface area contributed by atoms with E-state index in [1.165, 1.54) is 12.1 Å². The number of rotatable bonds is 9. The Morgan fingerprint density at radius 1 is 1.03 bits per heavy atom. The highest BCUT2D eigenvalue weighted by atomic mass is 32.2. The van der Waals surface area contributed by atoms with E-state index in [1.54, 1.807) is 19.9 Å². The maximum absolute atomic E-state index is 13.4. The zero-order valence-electron chi connectivity index (χ0n) is 19.1. The van der Waals surface area contributed by atoms with Gasteiger partial charge in [0.1, 0.15) is 17.1 Å². The molecular formula is C24H23F3O7S. The Morgan fingerprint density at radius 3 is 2.23 bits per heavy atom. The molecule has 0 radical (unpaired) electrons. The number of hydrogen-bond donors (Lipinski definition) is 0. The molecule has 188 valence electrons. The normalized spacial score (nSPS) is 12.2. The highest BCUT2D eigenvalue weighted by Crippen LogP contribution is 2.32. The molecule has 1 aromatic heterocycles. The van der Waals surface area contributed by atoms with Crippen molar-refractivity contribution in [1.29, 1.82) is 0 Å². The lowest BCUT2D eigenvalue weighted by molar-refractivity contribution is -0.0500. The maximum atomic E-state index is 13.4. The second-order valence-electron chi connectivity index (χ2n) is 8.01. The highest BCUT2D eigenvalue weighted by Gasteiger charge is 2.48. The minimum atomic E-state index is -5.84. The van der Waals surface area contributed by atoms with E-state index in [-0.39, 0.29) is 22.8 Å². The van der Waals surface area contributed by atoms with Crippen molar-refractivity contribution in [2.24, 2.45) is 0 Å². The molecule has 2 aromatic carbocycles. The number of ether oxygens (including phenoxy) is 1. The topological polar surface area (TPSA) is 99.9 Å². The zero-order chi connectivity index (χ0) is 26.0. The molecule has 35 heavy (non-hydrogen) atoms. The van der Waals surface area contributed by atoms with E-state index in [0.717, 1.165) is 37.1 Å². The quantitative estimate of drug-likeness (QED) is 0.155. The lowest BCUT2D eigenvalue weighted by Gasteiger charge is -2.10. The molecule has 0 saturated heterocycles. The average Bonchev–Trinajstić information content (AvgIpc) is 3.13. The van der Waals surface area contributed by atoms with Gasteiger partial charge in [-0.25, -0.2) is 4.79 Å². The molecule has 0 aliphatic heterocycles. The molecule has 0 spiro atoms. The van der Waals surface area contributed by atoms with Gasteiger partial charge in [-0.3, -0.25) is 4.79 Å². The Balaban J connectivity index is 2.01. The Kier molecular flexibility index (Phi) is 7.59. The fourth-order valence-corrected chi connectivity index (χ4v) is 3.76. The molecule has 3 rings (SSSR count). The van der Waals surface area contributed by atoms with E-state index in [2.05, 4.69) is 4.18 Å². The molecular weight excluding hydrogens is 489 g/mol. The van der Waals surface area contributed by atoms with Gasteiger partial charge in [0.2, 0.25) is 0 Å². The van der Waals surface area contributed by atoms with E-state index >= 15 is 0 Å². The van der Waals surface area contributed by atoms with Crippen molar-refractivity contribution in [3.63, 3.8) is 0 Å². The van der Waals surface area contributed by atoms with Crippen LogP contribution in [0.25, 0.3) is 11.0 Å². The van der Waals surface area contributed by atoms with Crippen LogP contribution >= 0.6 is 0 Å². The minimum Gasteiger partial charge on any atom is -0.460 e. The summed E-state index contributed by atoms with van der Waals surface area (Å²) in [7, 11) is -5.84. The Bertz CT molecular complexity index is 1340. The van der Waals surface area contributed by atoms with Crippen LogP contribution in [0.15, 0.2) is 46.9 Å². The number of carbonyl (C=O) groups is 2. The Hall–Kier alpha value is -3.34. The fourth-order valence-electron chi connectivity index (χ4n) is 3.30. The summed E-state index contributed by atoms with van der Waals surface area (Å²) < 4.78 is 75.3. The Labute approximate surface area is 199 Å². The highest BCUT2D eigenvalue weighted by molar-refractivity contribution is 7.88. The van der Waals surface area contributed by atoms with Gasteiger partial charge in [-0.05, 0) is 62.7 Å². The van der Waals surface area contributed by atoms with Crippen LogP contribution in [0.2, 0.25) is 0 Å². The predicted molar refractivity (Wildman–Crippen MR) is 121 cm³/mol. The number of unbranched alkanes of at least 4 members (excludes halogenated alkanes) is 1. The smallest absolute Gasteiger partial charge is 0.460 e. The molecule has 0 aliphatic rings. The average molecular weight is 513 g/mol. The van der Waals surface area contributed by atoms with Gasteiger partial charge in [-0.15, -0.1) is 0 Å². The maximum Gasteiger partial charge on any atom is 0.534 e. The van der Waals surface area contributed by atoms with E-state index in [1.807, 2.05) is 6.92 Å². The number of ketones is 1. The second-order valence-corrected chi connectivity index (χ2v) is 9.54. The molecule has 0 saturated carbocycles. The van der Waals surface area contributed by atoms with Gasteiger partial charge >= 0.3 is 21.6 Å². The van der Waals surface area contributed by atoms with E-state index in [9.17, 15) is 31.2 Å². The standard InChI is InChI=1S/C24H23F3O7S/c1-4-5-6-20-21(18-13-16(9-12-19(18)33-20)23(29)32-14(2)3)22(28)15-7-10-17(11-8-15)34-35(30,31)24(25,26)27/h7-14H,4-6H2,1-3H3. The van der Waals surface area contributed by atoms with Crippen LogP contribution in [-0.4, -0.2) is 31.8 Å². The van der Waals surface area contributed by atoms with Crippen LogP contribution < -0.4 is 4.18 Å². The van der Waals surface area contributed by atoms with Crippen molar-refractivity contribution >= 4 is 32.8 Å². The lowest BCUT2D eigenvalue weighted by atomic mass is 9.97. The first-order valence-corrected chi connectivity index (χ1v) is 12.2. The Morgan fingerprint density at radius 2 is 1.66 bits per heavy atom. The van der Waals surface area contributed by atoms with Gasteiger partial charge in [0.25, 0.3) is 0 Å². The third-order valence-electron chi connectivity index (χ3n) is 4.93. The van der Waals surface area contributed by atoms with Gasteiger partial charge < -0.3 is 13.3 Å². The van der Waals surface area contributed by atoms with Crippen LogP contribution in [0.3, 0.4) is 0 Å². The molecule has 3 aromatic rings. The number of furan rings is 1. The zero-order valence-corrected chi connectivity index (χ0v) is 20.0. The third-order valence-corrected chi connectivity index (χ3v) is 5.91. The molecule has 1 heterocycles. The molecule has 0 amide bonds. The first kappa shape index (κ1) is 26.3. The number of hydrogen-bond acceptors (Lipinski definition) is 7. The predicted octanol–water partition coefficient (Wildman–Crippen LogP) is 5.80. The summed E-state index contributed by atoms with van der Waals surface area (Å²) in [6, 6.07) is 8.82. The number of carbonyl (C=O) groups excluding carboxylic acids is 2. The summed E-state index contributed by atoms with van der Waals surface area (Å²) >= 11 is 0. The SMILES string of the molecule is CCCCc1oc2ccc(C(=O)OC(C)C)cc2c1C(=O)c1ccc(OS(=O)(=O)C(F)(F)F)cc1. The van der Waals surface area contributed by atoms with Crippen molar-refractivity contribution < 1.29 is 44.5 Å². The summed E-state index contributed by atoms with van der Waals surface area (Å²) in [5, 5.41) is 0.388. The van der Waals surface area contributed by atoms with Crippen molar-refractivity contribution in [3.05, 3.63) is 64.9 Å². The minimum absolute atomic E-state index is 0.0670. The van der Waals surface area contributed by atoms with Crippen molar-refractivity contribution in [3.8, 4) is 5.75 Å². The summed E-state index contributed by atoms with van der Waals surface area (Å²) in [5.41, 5.74) is -4.69. The van der Waals surface area contributed by atoms with Gasteiger partial charge in [0.05, 0.1) is 17.2 Å². The number of esters is 1. The monoisotopic (exact) mass is 512 g/mol. The van der Waals surface area contributed by atoms with Crippen molar-refractivity contribution in [1.82, 2.24) is 0 Å². The number of alkyl halides is 3. The fraction of sp³-hybridized carbons (Fsp3) is 0.333. The summed E-state index contributed by atoms with van der Waals surface area (Å²) in [6.07, 6.45) is 1.66. The first-order chi connectivity index (χ1) is 16.3. The number of halogens is 3. The largest absolute Gasteiger partial charge is 0.534 e. The van der Waals surface area contributed by atoms with Gasteiger partial charge in [0, 0.05) is 17.4 Å². The molecule has 11 heteroatoms. The number of aryl methyl sites for hydroxylation is 1. The molecule has 0 bridgehead atoms. The lowest BCUT2D eigenvalue weighted by Crippen LogP contribution is -2.28. The third kappa shape index (κ3) is 5.84. The molecule has 0 aliphatic carbocycles. The molecule has 0 N–H and O–H groups in total. The van der Waals surface area contributed by atoms with Crippen molar-refractivity contribution in [2.75, 3.05) is 0 Å². The van der Waals surface area contributed by atoms with E-state index in [4.69, 9.17) is 9.15 Å². The van der Waals surface area contributed by atoms with Gasteiger partial charge in [-0.1, -0.05) is 13.3 Å². The van der Waals surface area contributed by atoms with Crippen LogP contribution in [0.4, 0.5) is 13.2 Å². The molecule has 0 fully saturated rings. The van der Waals surface area contributed by atoms with Crippen LogP contribution in [0.1, 0.15) is 65.7 Å². The summed E-state index contributed by atoms with van der Waals surface area (Å²) in [5.74, 6) is -1.26. The summed E-state index contributed by atoms with van der Waals surface area (Å²) in [4.78, 5) is 25.8. The van der Waals surface area contributed by atoms with Crippen LogP contribution in [-0.2, 0) is 21.3 Å². The van der Waals surface area contributed by atoms with E-state index in [0.29, 0.717) is 23.2 Å². The summed E-state index contributed by atoms with van der Waals surface area (Å²) in [6.45, 7) is 5.39. The van der Waals surface area contributed by atoms with Gasteiger partial charge in [-0.2, -0.15) is 21.6 Å². The molecule has 0 unspecified atom stereocenters. The van der Waals surface area contributed by atoms with Crippen molar-refractivity contribution in [2.45, 2.75) is 51.6 Å². The number of fused-ring (bicyclic) bond motifs is 1. The molecule has 7 nitrogen and oxygen atoms in total. The van der Waals surface area contributed by atoms with Crippen LogP contribution in [0, 0.1) is 0 Å². The number of benzene rings is 2. The van der Waals surface area contributed by atoms with Gasteiger partial charge in [0.15, 0.2) is 5.78 Å². The second kappa shape index (κ2) is 10.1. The molecule has 0 atom stereocenters. The van der Waals surface area contributed by atoms with Crippen LogP contribution in [0.5, 0.6) is 5.75 Å². The van der Waals surface area contributed by atoms with E-state index < -0.39 is 33.1 Å². The first-order valence-electron chi connectivity index (χ1n) is 10.8.